The van der Waals surface area contributed by atoms with Crippen molar-refractivity contribution in [2.75, 3.05) is 11.9 Å². The van der Waals surface area contributed by atoms with Crippen molar-refractivity contribution in [3.05, 3.63) is 34.4 Å². The Bertz CT molecular complexity index is 903. The molecule has 0 unspecified atom stereocenters. The molecular formula is C26H42N6O5. The Balaban J connectivity index is 2.18. The highest BCUT2D eigenvalue weighted by molar-refractivity contribution is 5.98. The predicted molar refractivity (Wildman–Crippen MR) is 143 cm³/mol. The van der Waals surface area contributed by atoms with Gasteiger partial charge in [-0.1, -0.05) is 32.6 Å². The number of rotatable bonds is 14. The minimum Gasteiger partial charge on any atom is -0.343 e. The lowest BCUT2D eigenvalue weighted by atomic mass is 9.92. The molecule has 0 bridgehead atoms. The number of anilines is 1. The average molecular weight is 519 g/mol. The number of non-ortho nitro benzene ring substituents is 1. The third kappa shape index (κ3) is 9.08. The minimum absolute atomic E-state index is 0.0606. The van der Waals surface area contributed by atoms with Crippen LogP contribution in [0, 0.1) is 10.1 Å². The summed E-state index contributed by atoms with van der Waals surface area (Å²) in [5, 5.41) is 16.5. The fourth-order valence-corrected chi connectivity index (χ4v) is 4.75. The molecule has 1 aromatic carbocycles. The molecule has 0 aliphatic heterocycles. The molecule has 0 heterocycles. The molecule has 1 aliphatic rings. The molecule has 206 valence electrons. The van der Waals surface area contributed by atoms with Crippen molar-refractivity contribution in [3.63, 3.8) is 0 Å². The second-order valence-corrected chi connectivity index (χ2v) is 9.75. The molecule has 3 amide bonds. The van der Waals surface area contributed by atoms with E-state index in [-0.39, 0.29) is 17.6 Å². The quantitative estimate of drug-likeness (QED) is 0.166. The maximum Gasteiger partial charge on any atom is 0.269 e. The Hall–Kier alpha value is -3.05. The van der Waals surface area contributed by atoms with Crippen LogP contribution in [0.15, 0.2) is 24.3 Å². The molecule has 0 spiro atoms. The molecule has 6 N–H and O–H groups in total. The molecule has 11 heteroatoms. The van der Waals surface area contributed by atoms with Crippen LogP contribution in [0.3, 0.4) is 0 Å². The van der Waals surface area contributed by atoms with E-state index in [1.165, 1.54) is 24.3 Å². The van der Waals surface area contributed by atoms with E-state index in [1.807, 2.05) is 6.92 Å². The largest absolute Gasteiger partial charge is 0.343 e. The summed E-state index contributed by atoms with van der Waals surface area (Å²) >= 11 is 0. The molecule has 37 heavy (non-hydrogen) atoms. The van der Waals surface area contributed by atoms with Gasteiger partial charge in [-0.3, -0.25) is 24.5 Å². The number of nitro benzene ring substituents is 1. The highest BCUT2D eigenvalue weighted by atomic mass is 16.6. The van der Waals surface area contributed by atoms with Crippen LogP contribution in [0.2, 0.25) is 0 Å². The summed E-state index contributed by atoms with van der Waals surface area (Å²) < 4.78 is 0. The van der Waals surface area contributed by atoms with Crippen molar-refractivity contribution in [2.24, 2.45) is 11.5 Å². The number of unbranched alkanes of at least 4 members (excludes halogenated alkanes) is 1. The first-order chi connectivity index (χ1) is 17.7. The van der Waals surface area contributed by atoms with Crippen LogP contribution in [0.5, 0.6) is 0 Å². The second kappa shape index (κ2) is 15.3. The summed E-state index contributed by atoms with van der Waals surface area (Å²) in [5.74, 6) is -1.09. The van der Waals surface area contributed by atoms with Crippen LogP contribution in [0.1, 0.15) is 78.1 Å². The van der Waals surface area contributed by atoms with E-state index >= 15 is 0 Å². The highest BCUT2D eigenvalue weighted by Gasteiger charge is 2.36. The lowest BCUT2D eigenvalue weighted by molar-refractivity contribution is -0.384. The zero-order chi connectivity index (χ0) is 27.4. The molecule has 2 rings (SSSR count). The highest BCUT2D eigenvalue weighted by Crippen LogP contribution is 2.25. The summed E-state index contributed by atoms with van der Waals surface area (Å²) in [6, 6.07) is 3.10. The standard InChI is InChI=1S/C26H42N6O5/c1-3-9-22(28)26(35)31(20-10-5-4-6-11-20)18(2)24(33)30-23(12-7-8-17-27)25(34)29-19-13-15-21(16-14-19)32(36)37/h13-16,18,20,22-23H,3-12,17,27-28H2,1-2H3,(H,29,34)(H,30,33)/t18-,22+,23-/m0/s1. The first kappa shape index (κ1) is 30.2. The van der Waals surface area contributed by atoms with Crippen LogP contribution in [0.4, 0.5) is 11.4 Å². The number of carbonyl (C=O) groups excluding carboxylic acids is 3. The van der Waals surface area contributed by atoms with Crippen LogP contribution in [-0.2, 0) is 14.4 Å². The van der Waals surface area contributed by atoms with Gasteiger partial charge in [0.1, 0.15) is 12.1 Å². The average Bonchev–Trinajstić information content (AvgIpc) is 2.89. The third-order valence-electron chi connectivity index (χ3n) is 6.86. The fraction of sp³-hybridized carbons (Fsp3) is 0.654. The maximum atomic E-state index is 13.4. The molecule has 0 radical (unpaired) electrons. The van der Waals surface area contributed by atoms with E-state index in [2.05, 4.69) is 10.6 Å². The molecule has 1 saturated carbocycles. The Morgan fingerprint density at radius 1 is 1.08 bits per heavy atom. The fourth-order valence-electron chi connectivity index (χ4n) is 4.75. The van der Waals surface area contributed by atoms with Crippen molar-refractivity contribution in [1.82, 2.24) is 10.2 Å². The number of hydrogen-bond acceptors (Lipinski definition) is 7. The van der Waals surface area contributed by atoms with Gasteiger partial charge in [0.25, 0.3) is 5.69 Å². The summed E-state index contributed by atoms with van der Waals surface area (Å²) in [7, 11) is 0. The van der Waals surface area contributed by atoms with Crippen LogP contribution >= 0.6 is 0 Å². The normalized spacial score (nSPS) is 16.3. The zero-order valence-corrected chi connectivity index (χ0v) is 22.0. The lowest BCUT2D eigenvalue weighted by Gasteiger charge is -2.39. The number of hydrogen-bond donors (Lipinski definition) is 4. The number of nitrogens with one attached hydrogen (secondary N) is 2. The number of nitro groups is 1. The molecule has 1 aromatic rings. The van der Waals surface area contributed by atoms with Gasteiger partial charge >= 0.3 is 0 Å². The molecule has 0 saturated heterocycles. The minimum atomic E-state index is -0.857. The summed E-state index contributed by atoms with van der Waals surface area (Å²) in [5.41, 5.74) is 12.1. The Morgan fingerprint density at radius 2 is 1.73 bits per heavy atom. The summed E-state index contributed by atoms with van der Waals surface area (Å²) in [4.78, 5) is 51.8. The number of nitrogens with two attached hydrogens (primary N) is 2. The van der Waals surface area contributed by atoms with Gasteiger partial charge in [0.2, 0.25) is 17.7 Å². The van der Waals surface area contributed by atoms with Crippen molar-refractivity contribution in [1.29, 1.82) is 0 Å². The molecule has 1 fully saturated rings. The summed E-state index contributed by atoms with van der Waals surface area (Å²) in [6.07, 6.45) is 7.70. The Morgan fingerprint density at radius 3 is 2.30 bits per heavy atom. The van der Waals surface area contributed by atoms with E-state index < -0.39 is 34.9 Å². The number of carbonyl (C=O) groups is 3. The SMILES string of the molecule is CCC[C@@H](N)C(=O)N(C1CCCCC1)[C@@H](C)C(=O)N[C@@H](CCCCN)C(=O)Nc1ccc([N+](=O)[O-])cc1. The zero-order valence-electron chi connectivity index (χ0n) is 22.0. The van der Waals surface area contributed by atoms with Gasteiger partial charge in [-0.25, -0.2) is 0 Å². The third-order valence-corrected chi connectivity index (χ3v) is 6.86. The first-order valence-corrected chi connectivity index (χ1v) is 13.3. The van der Waals surface area contributed by atoms with Gasteiger partial charge in [-0.2, -0.15) is 0 Å². The lowest BCUT2D eigenvalue weighted by Crippen LogP contribution is -2.59. The molecule has 11 nitrogen and oxygen atoms in total. The van der Waals surface area contributed by atoms with Gasteiger partial charge in [-0.15, -0.1) is 0 Å². The Labute approximate surface area is 218 Å². The van der Waals surface area contributed by atoms with Gasteiger partial charge in [0.15, 0.2) is 0 Å². The molecule has 1 aliphatic carbocycles. The first-order valence-electron chi connectivity index (χ1n) is 13.3. The van der Waals surface area contributed by atoms with Gasteiger partial charge in [-0.05, 0) is 64.1 Å². The smallest absolute Gasteiger partial charge is 0.269 e. The van der Waals surface area contributed by atoms with E-state index in [0.717, 1.165) is 38.5 Å². The Kier molecular flexibility index (Phi) is 12.4. The molecular weight excluding hydrogens is 476 g/mol. The number of benzene rings is 1. The van der Waals surface area contributed by atoms with E-state index in [9.17, 15) is 24.5 Å². The molecule has 3 atom stereocenters. The monoisotopic (exact) mass is 518 g/mol. The van der Waals surface area contributed by atoms with Crippen molar-refractivity contribution < 1.29 is 19.3 Å². The maximum absolute atomic E-state index is 13.4. The summed E-state index contributed by atoms with van der Waals surface area (Å²) in [6.45, 7) is 4.11. The van der Waals surface area contributed by atoms with Crippen LogP contribution in [0.25, 0.3) is 0 Å². The second-order valence-electron chi connectivity index (χ2n) is 9.75. The number of nitrogens with zero attached hydrogens (tertiary/aromatic N) is 2. The topological polar surface area (TPSA) is 174 Å². The van der Waals surface area contributed by atoms with E-state index in [1.54, 1.807) is 11.8 Å². The van der Waals surface area contributed by atoms with Crippen LogP contribution in [-0.4, -0.2) is 58.3 Å². The van der Waals surface area contributed by atoms with E-state index in [4.69, 9.17) is 11.5 Å². The van der Waals surface area contributed by atoms with Crippen molar-refractivity contribution >= 4 is 29.1 Å². The van der Waals surface area contributed by atoms with Gasteiger partial charge < -0.3 is 27.0 Å². The predicted octanol–water partition coefficient (Wildman–Crippen LogP) is 2.82. The van der Waals surface area contributed by atoms with Crippen LogP contribution < -0.4 is 22.1 Å². The van der Waals surface area contributed by atoms with Crippen molar-refractivity contribution in [3.8, 4) is 0 Å². The molecule has 0 aromatic heterocycles. The van der Waals surface area contributed by atoms with E-state index in [0.29, 0.717) is 37.9 Å². The number of amides is 3. The van der Waals surface area contributed by atoms with Gasteiger partial charge in [0.05, 0.1) is 11.0 Å². The van der Waals surface area contributed by atoms with Crippen molar-refractivity contribution in [2.45, 2.75) is 102 Å². The van der Waals surface area contributed by atoms with Gasteiger partial charge in [0, 0.05) is 23.9 Å².